The van der Waals surface area contributed by atoms with Crippen LogP contribution in [0.25, 0.3) is 0 Å². The second kappa shape index (κ2) is 8.03. The standard InChI is InChI=1S/C17H26N2O2/c1-3-21-16-9-7-14(8-10-16)17(20)19-13-5-4-6-15(19)11-12-18-2/h7-10,15,18H,3-6,11-13H2,1-2H3. The molecule has 1 aromatic rings. The van der Waals surface area contributed by atoms with Crippen molar-refractivity contribution in [1.29, 1.82) is 0 Å². The van der Waals surface area contributed by atoms with Gasteiger partial charge in [-0.2, -0.15) is 0 Å². The summed E-state index contributed by atoms with van der Waals surface area (Å²) in [5, 5.41) is 3.18. The molecule has 116 valence electrons. The van der Waals surface area contributed by atoms with Gasteiger partial charge in [-0.25, -0.2) is 0 Å². The highest BCUT2D eigenvalue weighted by molar-refractivity contribution is 5.94. The molecule has 1 unspecified atom stereocenters. The second-order valence-corrected chi connectivity index (χ2v) is 5.50. The van der Waals surface area contributed by atoms with E-state index >= 15 is 0 Å². The molecule has 1 aliphatic heterocycles. The monoisotopic (exact) mass is 290 g/mol. The lowest BCUT2D eigenvalue weighted by molar-refractivity contribution is 0.0602. The molecule has 1 aliphatic rings. The third-order valence-electron chi connectivity index (χ3n) is 4.03. The molecule has 2 rings (SSSR count). The SMILES string of the molecule is CCOc1ccc(C(=O)N2CCCCC2CCNC)cc1. The number of nitrogens with one attached hydrogen (secondary N) is 1. The predicted molar refractivity (Wildman–Crippen MR) is 84.8 cm³/mol. The van der Waals surface area contributed by atoms with E-state index in [1.165, 1.54) is 6.42 Å². The number of likely N-dealkylation sites (tertiary alicyclic amines) is 1. The number of nitrogens with zero attached hydrogens (tertiary/aromatic N) is 1. The fourth-order valence-corrected chi connectivity index (χ4v) is 2.91. The fourth-order valence-electron chi connectivity index (χ4n) is 2.91. The van der Waals surface area contributed by atoms with E-state index in [9.17, 15) is 4.79 Å². The highest BCUT2D eigenvalue weighted by Gasteiger charge is 2.26. The minimum absolute atomic E-state index is 0.152. The smallest absolute Gasteiger partial charge is 0.254 e. The third-order valence-corrected chi connectivity index (χ3v) is 4.03. The first-order chi connectivity index (χ1) is 10.3. The van der Waals surface area contributed by atoms with E-state index in [4.69, 9.17) is 4.74 Å². The van der Waals surface area contributed by atoms with Gasteiger partial charge in [0.05, 0.1) is 6.61 Å². The Labute approximate surface area is 127 Å². The molecule has 0 spiro atoms. The molecule has 0 aliphatic carbocycles. The molecular weight excluding hydrogens is 264 g/mol. The first-order valence-corrected chi connectivity index (χ1v) is 7.94. The van der Waals surface area contributed by atoms with E-state index in [0.717, 1.165) is 43.7 Å². The molecule has 0 bridgehead atoms. The maximum absolute atomic E-state index is 12.7. The fraction of sp³-hybridized carbons (Fsp3) is 0.588. The van der Waals surface area contributed by atoms with E-state index in [1.807, 2.05) is 38.2 Å². The van der Waals surface area contributed by atoms with Crippen LogP contribution in [0.5, 0.6) is 5.75 Å². The van der Waals surface area contributed by atoms with Crippen LogP contribution in [-0.4, -0.2) is 43.6 Å². The summed E-state index contributed by atoms with van der Waals surface area (Å²) in [4.78, 5) is 14.8. The van der Waals surface area contributed by atoms with Crippen LogP contribution in [0, 0.1) is 0 Å². The van der Waals surface area contributed by atoms with Crippen LogP contribution < -0.4 is 10.1 Å². The van der Waals surface area contributed by atoms with Crippen molar-refractivity contribution < 1.29 is 9.53 Å². The van der Waals surface area contributed by atoms with E-state index in [0.29, 0.717) is 12.6 Å². The van der Waals surface area contributed by atoms with Gasteiger partial charge < -0.3 is 15.0 Å². The van der Waals surface area contributed by atoms with E-state index < -0.39 is 0 Å². The number of benzene rings is 1. The van der Waals surface area contributed by atoms with Crippen molar-refractivity contribution in [2.24, 2.45) is 0 Å². The zero-order valence-corrected chi connectivity index (χ0v) is 13.1. The van der Waals surface area contributed by atoms with Gasteiger partial charge in [-0.1, -0.05) is 0 Å². The quantitative estimate of drug-likeness (QED) is 0.876. The Hall–Kier alpha value is -1.55. The summed E-state index contributed by atoms with van der Waals surface area (Å²) in [6.45, 7) is 4.43. The van der Waals surface area contributed by atoms with Gasteiger partial charge >= 0.3 is 0 Å². The summed E-state index contributed by atoms with van der Waals surface area (Å²) < 4.78 is 5.43. The molecule has 1 saturated heterocycles. The Morgan fingerprint density at radius 1 is 1.33 bits per heavy atom. The zero-order chi connectivity index (χ0) is 15.1. The maximum Gasteiger partial charge on any atom is 0.254 e. The number of rotatable bonds is 6. The lowest BCUT2D eigenvalue weighted by atomic mass is 9.98. The normalized spacial score (nSPS) is 18.6. The van der Waals surface area contributed by atoms with E-state index in [2.05, 4.69) is 10.2 Å². The molecule has 0 aromatic heterocycles. The summed E-state index contributed by atoms with van der Waals surface area (Å²) >= 11 is 0. The van der Waals surface area contributed by atoms with Crippen molar-refractivity contribution >= 4 is 5.91 Å². The Balaban J connectivity index is 2.05. The maximum atomic E-state index is 12.7. The first kappa shape index (κ1) is 15.8. The van der Waals surface area contributed by atoms with Crippen molar-refractivity contribution in [2.45, 2.75) is 38.6 Å². The molecule has 0 saturated carbocycles. The summed E-state index contributed by atoms with van der Waals surface area (Å²) in [5.41, 5.74) is 0.759. The lowest BCUT2D eigenvalue weighted by Gasteiger charge is -2.36. The van der Waals surface area contributed by atoms with Crippen molar-refractivity contribution in [3.05, 3.63) is 29.8 Å². The van der Waals surface area contributed by atoms with Gasteiger partial charge in [-0.3, -0.25) is 4.79 Å². The third kappa shape index (κ3) is 4.21. The van der Waals surface area contributed by atoms with Gasteiger partial charge in [0.2, 0.25) is 0 Å². The highest BCUT2D eigenvalue weighted by Crippen LogP contribution is 2.22. The van der Waals surface area contributed by atoms with Gasteiger partial charge in [0.15, 0.2) is 0 Å². The summed E-state index contributed by atoms with van der Waals surface area (Å²) in [7, 11) is 1.96. The molecule has 1 heterocycles. The highest BCUT2D eigenvalue weighted by atomic mass is 16.5. The molecule has 1 fully saturated rings. The van der Waals surface area contributed by atoms with Crippen LogP contribution in [0.2, 0.25) is 0 Å². The predicted octanol–water partition coefficient (Wildman–Crippen LogP) is 2.69. The zero-order valence-electron chi connectivity index (χ0n) is 13.1. The number of piperidine rings is 1. The van der Waals surface area contributed by atoms with Crippen LogP contribution in [0.4, 0.5) is 0 Å². The van der Waals surface area contributed by atoms with E-state index in [1.54, 1.807) is 0 Å². The summed E-state index contributed by atoms with van der Waals surface area (Å²) in [6.07, 6.45) is 4.48. The summed E-state index contributed by atoms with van der Waals surface area (Å²) in [6, 6.07) is 7.87. The molecule has 1 N–H and O–H groups in total. The van der Waals surface area contributed by atoms with Gasteiger partial charge in [-0.15, -0.1) is 0 Å². The van der Waals surface area contributed by atoms with Crippen molar-refractivity contribution in [3.8, 4) is 5.75 Å². The minimum atomic E-state index is 0.152. The number of hydrogen-bond donors (Lipinski definition) is 1. The largest absolute Gasteiger partial charge is 0.494 e. The van der Waals surface area contributed by atoms with Crippen molar-refractivity contribution in [1.82, 2.24) is 10.2 Å². The number of carbonyl (C=O) groups is 1. The average molecular weight is 290 g/mol. The molecule has 21 heavy (non-hydrogen) atoms. The average Bonchev–Trinajstić information content (AvgIpc) is 2.53. The number of amides is 1. The Bertz CT molecular complexity index is 445. The molecule has 0 radical (unpaired) electrons. The number of hydrogen-bond acceptors (Lipinski definition) is 3. The summed E-state index contributed by atoms with van der Waals surface area (Å²) in [5.74, 6) is 0.971. The van der Waals surface area contributed by atoms with Crippen LogP contribution in [0.3, 0.4) is 0 Å². The molecule has 1 aromatic carbocycles. The molecule has 1 atom stereocenters. The van der Waals surface area contributed by atoms with Gasteiger partial charge in [-0.05, 0) is 70.5 Å². The Kier molecular flexibility index (Phi) is 6.05. The Morgan fingerprint density at radius 3 is 2.76 bits per heavy atom. The molecule has 1 amide bonds. The van der Waals surface area contributed by atoms with Gasteiger partial charge in [0, 0.05) is 18.2 Å². The molecule has 4 nitrogen and oxygen atoms in total. The van der Waals surface area contributed by atoms with Gasteiger partial charge in [0.25, 0.3) is 5.91 Å². The van der Waals surface area contributed by atoms with Crippen molar-refractivity contribution in [3.63, 3.8) is 0 Å². The van der Waals surface area contributed by atoms with Crippen LogP contribution in [-0.2, 0) is 0 Å². The molecule has 4 heteroatoms. The minimum Gasteiger partial charge on any atom is -0.494 e. The van der Waals surface area contributed by atoms with E-state index in [-0.39, 0.29) is 5.91 Å². The topological polar surface area (TPSA) is 41.6 Å². The number of ether oxygens (including phenoxy) is 1. The van der Waals surface area contributed by atoms with Gasteiger partial charge in [0.1, 0.15) is 5.75 Å². The van der Waals surface area contributed by atoms with Crippen LogP contribution >= 0.6 is 0 Å². The van der Waals surface area contributed by atoms with Crippen LogP contribution in [0.15, 0.2) is 24.3 Å². The van der Waals surface area contributed by atoms with Crippen LogP contribution in [0.1, 0.15) is 43.0 Å². The molecular formula is C17H26N2O2. The Morgan fingerprint density at radius 2 is 2.10 bits per heavy atom. The van der Waals surface area contributed by atoms with Crippen molar-refractivity contribution in [2.75, 3.05) is 26.7 Å². The first-order valence-electron chi connectivity index (χ1n) is 7.94. The second-order valence-electron chi connectivity index (χ2n) is 5.50. The number of carbonyl (C=O) groups excluding carboxylic acids is 1. The lowest BCUT2D eigenvalue weighted by Crippen LogP contribution is -2.44.